The highest BCUT2D eigenvalue weighted by Gasteiger charge is 2.16. The fourth-order valence-corrected chi connectivity index (χ4v) is 1.53. The molecule has 0 fully saturated rings. The minimum atomic E-state index is -0.0679. The number of hydrazine groups is 1. The molecule has 0 aliphatic heterocycles. The van der Waals surface area contributed by atoms with Crippen LogP contribution in [0.2, 0.25) is 0 Å². The first kappa shape index (κ1) is 15.4. The van der Waals surface area contributed by atoms with Crippen LogP contribution in [-0.2, 0) is 4.74 Å². The number of nitrogens with zero attached hydrogens (tertiary/aromatic N) is 1. The maximum atomic E-state index is 5.51. The number of methoxy groups -OCH3 is 1. The highest BCUT2D eigenvalue weighted by molar-refractivity contribution is 5.49. The maximum absolute atomic E-state index is 5.51. The van der Waals surface area contributed by atoms with E-state index in [1.165, 1.54) is 0 Å². The van der Waals surface area contributed by atoms with E-state index in [2.05, 4.69) is 32.8 Å². The summed E-state index contributed by atoms with van der Waals surface area (Å²) in [6.45, 7) is 12.3. The van der Waals surface area contributed by atoms with Crippen LogP contribution in [0.4, 0.5) is 5.69 Å². The van der Waals surface area contributed by atoms with Crippen LogP contribution in [0, 0.1) is 0 Å². The van der Waals surface area contributed by atoms with E-state index in [0.29, 0.717) is 12.5 Å². The highest BCUT2D eigenvalue weighted by atomic mass is 16.5. The Balaban J connectivity index is 2.90. The van der Waals surface area contributed by atoms with Crippen molar-refractivity contribution in [1.29, 1.82) is 0 Å². The molecule has 0 radical (unpaired) electrons. The lowest BCUT2D eigenvalue weighted by Gasteiger charge is -2.33. The topological polar surface area (TPSA) is 33.7 Å². The van der Waals surface area contributed by atoms with Gasteiger partial charge in [-0.25, -0.2) is 5.43 Å². The summed E-state index contributed by atoms with van der Waals surface area (Å²) >= 11 is 0. The molecule has 0 heterocycles. The molecule has 0 saturated carbocycles. The molecule has 0 spiro atoms. The second-order valence-corrected chi connectivity index (χ2v) is 5.47. The van der Waals surface area contributed by atoms with Crippen molar-refractivity contribution < 1.29 is 9.47 Å². The van der Waals surface area contributed by atoms with Crippen LogP contribution in [0.25, 0.3) is 0 Å². The second-order valence-electron chi connectivity index (χ2n) is 5.47. The predicted molar refractivity (Wildman–Crippen MR) is 79.1 cm³/mol. The molecule has 0 aromatic heterocycles. The summed E-state index contributed by atoms with van der Waals surface area (Å²) in [6, 6.07) is 7.83. The third kappa shape index (κ3) is 5.66. The van der Waals surface area contributed by atoms with Crippen molar-refractivity contribution in [1.82, 2.24) is 5.43 Å². The Hall–Kier alpha value is -1.68. The van der Waals surface area contributed by atoms with Gasteiger partial charge < -0.3 is 9.47 Å². The number of nitrogens with one attached hydrogen (secondary N) is 1. The molecule has 0 aliphatic rings. The molecule has 0 unspecified atom stereocenters. The van der Waals surface area contributed by atoms with Crippen molar-refractivity contribution in [3.63, 3.8) is 0 Å². The summed E-state index contributed by atoms with van der Waals surface area (Å²) in [5, 5.41) is 1.94. The van der Waals surface area contributed by atoms with Crippen molar-refractivity contribution in [2.45, 2.75) is 33.2 Å². The number of allylic oxidation sites excluding steroid dienone is 1. The molecule has 1 aromatic carbocycles. The quantitative estimate of drug-likeness (QED) is 0.485. The van der Waals surface area contributed by atoms with Crippen LogP contribution in [0.15, 0.2) is 36.6 Å². The van der Waals surface area contributed by atoms with Crippen LogP contribution in [0.3, 0.4) is 0 Å². The standard InChI is InChI=1S/C15H24N2O2/c1-12(2)19-11-17(16-15(3,4)5)13-8-7-9-14(10-13)18-6/h7-10,16H,1,11H2,2-6H3. The van der Waals surface area contributed by atoms with E-state index in [1.54, 1.807) is 7.11 Å². The van der Waals surface area contributed by atoms with Crippen molar-refractivity contribution in [2.24, 2.45) is 0 Å². The van der Waals surface area contributed by atoms with E-state index < -0.39 is 0 Å². The van der Waals surface area contributed by atoms with Gasteiger partial charge in [0.15, 0.2) is 6.73 Å². The molecule has 0 atom stereocenters. The molecular weight excluding hydrogens is 240 g/mol. The Morgan fingerprint density at radius 1 is 1.37 bits per heavy atom. The Labute approximate surface area is 116 Å². The molecule has 0 aliphatic carbocycles. The van der Waals surface area contributed by atoms with Gasteiger partial charge in [-0.3, -0.25) is 5.01 Å². The van der Waals surface area contributed by atoms with E-state index in [9.17, 15) is 0 Å². The van der Waals surface area contributed by atoms with Gasteiger partial charge in [-0.05, 0) is 39.8 Å². The van der Waals surface area contributed by atoms with Crippen LogP contribution in [0.5, 0.6) is 5.75 Å². The number of rotatable bonds is 6. The molecule has 4 heteroatoms. The molecule has 0 amide bonds. The molecule has 0 saturated heterocycles. The Morgan fingerprint density at radius 2 is 2.05 bits per heavy atom. The number of hydrogen-bond acceptors (Lipinski definition) is 4. The fraction of sp³-hybridized carbons (Fsp3) is 0.467. The zero-order valence-corrected chi connectivity index (χ0v) is 12.5. The largest absolute Gasteiger partial charge is 0.497 e. The number of benzene rings is 1. The zero-order chi connectivity index (χ0) is 14.5. The fourth-order valence-electron chi connectivity index (χ4n) is 1.53. The number of ether oxygens (including phenoxy) is 2. The molecule has 1 N–H and O–H groups in total. The van der Waals surface area contributed by atoms with E-state index in [-0.39, 0.29) is 5.54 Å². The lowest BCUT2D eigenvalue weighted by molar-refractivity contribution is 0.191. The van der Waals surface area contributed by atoms with Gasteiger partial charge in [0, 0.05) is 11.6 Å². The highest BCUT2D eigenvalue weighted by Crippen LogP contribution is 2.21. The van der Waals surface area contributed by atoms with Gasteiger partial charge in [-0.15, -0.1) is 0 Å². The van der Waals surface area contributed by atoms with Gasteiger partial charge in [0.25, 0.3) is 0 Å². The van der Waals surface area contributed by atoms with Crippen LogP contribution in [-0.4, -0.2) is 19.4 Å². The Morgan fingerprint density at radius 3 is 2.58 bits per heavy atom. The molecule has 19 heavy (non-hydrogen) atoms. The van der Waals surface area contributed by atoms with Crippen molar-refractivity contribution in [3.05, 3.63) is 36.6 Å². The first-order valence-corrected chi connectivity index (χ1v) is 6.29. The molecule has 0 bridgehead atoms. The maximum Gasteiger partial charge on any atom is 0.174 e. The van der Waals surface area contributed by atoms with Gasteiger partial charge in [-0.2, -0.15) is 0 Å². The van der Waals surface area contributed by atoms with Crippen molar-refractivity contribution in [2.75, 3.05) is 18.8 Å². The van der Waals surface area contributed by atoms with Crippen LogP contribution >= 0.6 is 0 Å². The predicted octanol–water partition coefficient (Wildman–Crippen LogP) is 3.31. The zero-order valence-electron chi connectivity index (χ0n) is 12.5. The van der Waals surface area contributed by atoms with E-state index in [4.69, 9.17) is 9.47 Å². The van der Waals surface area contributed by atoms with E-state index >= 15 is 0 Å². The average molecular weight is 264 g/mol. The summed E-state index contributed by atoms with van der Waals surface area (Å²) in [4.78, 5) is 0. The molecule has 1 aromatic rings. The number of hydrogen-bond donors (Lipinski definition) is 1. The molecule has 106 valence electrons. The monoisotopic (exact) mass is 264 g/mol. The lowest BCUT2D eigenvalue weighted by atomic mass is 10.1. The lowest BCUT2D eigenvalue weighted by Crippen LogP contribution is -2.50. The van der Waals surface area contributed by atoms with E-state index in [1.807, 2.05) is 36.2 Å². The van der Waals surface area contributed by atoms with Gasteiger partial charge in [-0.1, -0.05) is 12.6 Å². The first-order valence-electron chi connectivity index (χ1n) is 6.29. The third-order valence-electron chi connectivity index (χ3n) is 2.28. The van der Waals surface area contributed by atoms with Crippen molar-refractivity contribution >= 4 is 5.69 Å². The van der Waals surface area contributed by atoms with E-state index in [0.717, 1.165) is 11.4 Å². The van der Waals surface area contributed by atoms with Crippen molar-refractivity contribution in [3.8, 4) is 5.75 Å². The smallest absolute Gasteiger partial charge is 0.174 e. The van der Waals surface area contributed by atoms with Gasteiger partial charge in [0.2, 0.25) is 0 Å². The molecule has 4 nitrogen and oxygen atoms in total. The van der Waals surface area contributed by atoms with Crippen LogP contribution < -0.4 is 15.2 Å². The normalized spacial score (nSPS) is 11.0. The van der Waals surface area contributed by atoms with Crippen LogP contribution in [0.1, 0.15) is 27.7 Å². The van der Waals surface area contributed by atoms with Gasteiger partial charge in [0.1, 0.15) is 5.75 Å². The second kappa shape index (κ2) is 6.48. The SMILES string of the molecule is C=C(C)OCN(NC(C)(C)C)c1cccc(OC)c1. The first-order chi connectivity index (χ1) is 8.81. The summed E-state index contributed by atoms with van der Waals surface area (Å²) in [5.74, 6) is 1.50. The van der Waals surface area contributed by atoms with Gasteiger partial charge in [0.05, 0.1) is 18.6 Å². The third-order valence-corrected chi connectivity index (χ3v) is 2.28. The summed E-state index contributed by atoms with van der Waals surface area (Å²) in [5.41, 5.74) is 4.30. The Bertz CT molecular complexity index is 424. The minimum Gasteiger partial charge on any atom is -0.497 e. The minimum absolute atomic E-state index is 0.0679. The Kier molecular flexibility index (Phi) is 5.24. The summed E-state index contributed by atoms with van der Waals surface area (Å²) in [7, 11) is 1.66. The summed E-state index contributed by atoms with van der Waals surface area (Å²) < 4.78 is 10.8. The molecular formula is C15H24N2O2. The van der Waals surface area contributed by atoms with Gasteiger partial charge >= 0.3 is 0 Å². The molecule has 1 rings (SSSR count). The average Bonchev–Trinajstić information content (AvgIpc) is 2.33. The number of anilines is 1. The summed E-state index contributed by atoms with van der Waals surface area (Å²) in [6.07, 6.45) is 0.